The van der Waals surface area contributed by atoms with Crippen LogP contribution in [0.1, 0.15) is 33.2 Å². The summed E-state index contributed by atoms with van der Waals surface area (Å²) < 4.78 is 3.85. The Morgan fingerprint density at radius 3 is 2.76 bits per heavy atom. The number of nitrogens with one attached hydrogen (secondary N) is 1. The number of anilines is 3. The van der Waals surface area contributed by atoms with Crippen LogP contribution in [0.5, 0.6) is 0 Å². The average molecular weight is 340 g/mol. The molecule has 1 aliphatic heterocycles. The van der Waals surface area contributed by atoms with Gasteiger partial charge < -0.3 is 14.8 Å². The van der Waals surface area contributed by atoms with Crippen LogP contribution < -0.4 is 10.2 Å². The summed E-state index contributed by atoms with van der Waals surface area (Å²) in [7, 11) is 1.89. The van der Waals surface area contributed by atoms with Gasteiger partial charge >= 0.3 is 0 Å². The number of hydrogen-bond acceptors (Lipinski definition) is 6. The normalized spacial score (nSPS) is 17.8. The molecule has 132 valence electrons. The number of imidazole rings is 1. The number of hydrogen-bond donors (Lipinski definition) is 1. The van der Waals surface area contributed by atoms with E-state index in [1.54, 1.807) is 10.9 Å². The zero-order valence-electron chi connectivity index (χ0n) is 15.1. The van der Waals surface area contributed by atoms with Crippen LogP contribution in [0.2, 0.25) is 0 Å². The predicted molar refractivity (Wildman–Crippen MR) is 98.2 cm³/mol. The van der Waals surface area contributed by atoms with Crippen molar-refractivity contribution < 1.29 is 0 Å². The van der Waals surface area contributed by atoms with Crippen molar-refractivity contribution in [2.24, 2.45) is 13.0 Å². The molecule has 1 saturated heterocycles. The summed E-state index contributed by atoms with van der Waals surface area (Å²) in [5.74, 6) is 2.17. The number of aryl methyl sites for hydroxylation is 1. The molecule has 0 bridgehead atoms. The van der Waals surface area contributed by atoms with E-state index >= 15 is 0 Å². The summed E-state index contributed by atoms with van der Waals surface area (Å²) in [6.07, 6.45) is 6.72. The second-order valence-electron chi connectivity index (χ2n) is 7.16. The Hall–Kier alpha value is -2.64. The van der Waals surface area contributed by atoms with Gasteiger partial charge in [-0.3, -0.25) is 4.68 Å². The van der Waals surface area contributed by atoms with Crippen LogP contribution >= 0.6 is 0 Å². The molecule has 25 heavy (non-hydrogen) atoms. The molecule has 0 unspecified atom stereocenters. The molecule has 0 spiro atoms. The number of rotatable bonds is 4. The summed E-state index contributed by atoms with van der Waals surface area (Å²) >= 11 is 0. The highest BCUT2D eigenvalue weighted by molar-refractivity contribution is 5.86. The quantitative estimate of drug-likeness (QED) is 0.787. The minimum Gasteiger partial charge on any atom is -0.340 e. The van der Waals surface area contributed by atoms with Crippen LogP contribution in [-0.4, -0.2) is 42.4 Å². The second kappa shape index (κ2) is 6.02. The molecule has 1 fully saturated rings. The molecule has 4 heterocycles. The molecule has 0 aliphatic carbocycles. The summed E-state index contributed by atoms with van der Waals surface area (Å²) in [4.78, 5) is 16.4. The lowest BCUT2D eigenvalue weighted by molar-refractivity contribution is 0.612. The third kappa shape index (κ3) is 2.92. The van der Waals surface area contributed by atoms with Gasteiger partial charge in [0, 0.05) is 32.4 Å². The van der Waals surface area contributed by atoms with Crippen molar-refractivity contribution in [1.29, 1.82) is 0 Å². The van der Waals surface area contributed by atoms with E-state index < -0.39 is 0 Å². The summed E-state index contributed by atoms with van der Waals surface area (Å²) in [6, 6.07) is 0.288. The Bertz CT molecular complexity index is 893. The van der Waals surface area contributed by atoms with Crippen molar-refractivity contribution >= 4 is 28.6 Å². The first-order valence-corrected chi connectivity index (χ1v) is 8.76. The maximum absolute atomic E-state index is 4.83. The third-order valence-corrected chi connectivity index (χ3v) is 4.64. The molecular formula is C17H24N8. The van der Waals surface area contributed by atoms with Crippen molar-refractivity contribution in [1.82, 2.24) is 29.3 Å². The lowest BCUT2D eigenvalue weighted by atomic mass is 10.2. The summed E-state index contributed by atoms with van der Waals surface area (Å²) in [5, 5.41) is 7.57. The number of aromatic nitrogens is 6. The van der Waals surface area contributed by atoms with Gasteiger partial charge in [0.25, 0.3) is 0 Å². The van der Waals surface area contributed by atoms with E-state index in [1.165, 1.54) is 6.42 Å². The van der Waals surface area contributed by atoms with Gasteiger partial charge in [-0.1, -0.05) is 6.92 Å². The minimum absolute atomic E-state index is 0.288. The van der Waals surface area contributed by atoms with Crippen molar-refractivity contribution in [3.8, 4) is 0 Å². The van der Waals surface area contributed by atoms with Gasteiger partial charge in [0.1, 0.15) is 0 Å². The molecule has 0 radical (unpaired) electrons. The molecule has 0 saturated carbocycles. The SMILES string of the molecule is CC(C)n1cnc2c(Nc3cnn(C)c3)nc(N3CC[C@H](C)C3)nc21. The smallest absolute Gasteiger partial charge is 0.229 e. The van der Waals surface area contributed by atoms with Crippen molar-refractivity contribution in [2.75, 3.05) is 23.3 Å². The van der Waals surface area contributed by atoms with Crippen LogP contribution in [0.3, 0.4) is 0 Å². The van der Waals surface area contributed by atoms with Gasteiger partial charge in [0.15, 0.2) is 17.0 Å². The topological polar surface area (TPSA) is 76.7 Å². The van der Waals surface area contributed by atoms with E-state index in [9.17, 15) is 0 Å². The maximum Gasteiger partial charge on any atom is 0.229 e. The summed E-state index contributed by atoms with van der Waals surface area (Å²) in [5.41, 5.74) is 2.54. The Balaban J connectivity index is 1.81. The van der Waals surface area contributed by atoms with E-state index in [-0.39, 0.29) is 6.04 Å². The van der Waals surface area contributed by atoms with Crippen molar-refractivity contribution in [3.63, 3.8) is 0 Å². The van der Waals surface area contributed by atoms with E-state index in [0.717, 1.165) is 41.7 Å². The van der Waals surface area contributed by atoms with E-state index in [0.29, 0.717) is 5.92 Å². The molecule has 4 rings (SSSR count). The van der Waals surface area contributed by atoms with Crippen LogP contribution in [0.25, 0.3) is 11.2 Å². The van der Waals surface area contributed by atoms with E-state index in [1.807, 2.05) is 19.6 Å². The molecule has 8 nitrogen and oxygen atoms in total. The molecule has 1 aliphatic rings. The highest BCUT2D eigenvalue weighted by atomic mass is 15.3. The fraction of sp³-hybridized carbons (Fsp3) is 0.529. The Morgan fingerprint density at radius 2 is 2.12 bits per heavy atom. The van der Waals surface area contributed by atoms with E-state index in [4.69, 9.17) is 9.97 Å². The molecule has 3 aromatic heterocycles. The monoisotopic (exact) mass is 340 g/mol. The molecule has 1 atom stereocenters. The largest absolute Gasteiger partial charge is 0.340 e. The van der Waals surface area contributed by atoms with Crippen LogP contribution in [0, 0.1) is 5.92 Å². The lowest BCUT2D eigenvalue weighted by Gasteiger charge is -2.18. The van der Waals surface area contributed by atoms with Gasteiger partial charge in [0.05, 0.1) is 18.2 Å². The maximum atomic E-state index is 4.83. The first-order valence-electron chi connectivity index (χ1n) is 8.76. The molecule has 1 N–H and O–H groups in total. The molecule has 0 aromatic carbocycles. The van der Waals surface area contributed by atoms with Gasteiger partial charge in [-0.05, 0) is 26.2 Å². The van der Waals surface area contributed by atoms with Crippen LogP contribution in [0.15, 0.2) is 18.7 Å². The van der Waals surface area contributed by atoms with Crippen LogP contribution in [-0.2, 0) is 7.05 Å². The first-order chi connectivity index (χ1) is 12.0. The Morgan fingerprint density at radius 1 is 1.28 bits per heavy atom. The van der Waals surface area contributed by atoms with Gasteiger partial charge in [-0.2, -0.15) is 15.1 Å². The number of nitrogens with zero attached hydrogens (tertiary/aromatic N) is 7. The fourth-order valence-corrected chi connectivity index (χ4v) is 3.25. The van der Waals surface area contributed by atoms with E-state index in [2.05, 4.69) is 45.6 Å². The van der Waals surface area contributed by atoms with Crippen molar-refractivity contribution in [2.45, 2.75) is 33.2 Å². The summed E-state index contributed by atoms with van der Waals surface area (Å²) in [6.45, 7) is 8.53. The zero-order chi connectivity index (χ0) is 17.6. The van der Waals surface area contributed by atoms with Gasteiger partial charge in [0.2, 0.25) is 5.95 Å². The van der Waals surface area contributed by atoms with Crippen molar-refractivity contribution in [3.05, 3.63) is 18.7 Å². The van der Waals surface area contributed by atoms with Crippen LogP contribution in [0.4, 0.5) is 17.5 Å². The van der Waals surface area contributed by atoms with Gasteiger partial charge in [-0.25, -0.2) is 4.98 Å². The van der Waals surface area contributed by atoms with Gasteiger partial charge in [-0.15, -0.1) is 0 Å². The Kier molecular flexibility index (Phi) is 3.82. The Labute approximate surface area is 146 Å². The standard InChI is InChI=1S/C17H24N8/c1-11(2)25-10-18-14-15(20-13-7-19-23(4)9-13)21-17(22-16(14)25)24-6-5-12(3)8-24/h7,9-12H,5-6,8H2,1-4H3,(H,20,21,22)/t12-/m0/s1. The molecule has 8 heteroatoms. The number of fused-ring (bicyclic) bond motifs is 1. The second-order valence-corrected chi connectivity index (χ2v) is 7.16. The average Bonchev–Trinajstić information content (AvgIpc) is 3.27. The highest BCUT2D eigenvalue weighted by Gasteiger charge is 2.24. The highest BCUT2D eigenvalue weighted by Crippen LogP contribution is 2.29. The third-order valence-electron chi connectivity index (χ3n) is 4.64. The minimum atomic E-state index is 0.288. The zero-order valence-corrected chi connectivity index (χ0v) is 15.1. The fourth-order valence-electron chi connectivity index (χ4n) is 3.25. The first kappa shape index (κ1) is 15.9. The lowest BCUT2D eigenvalue weighted by Crippen LogP contribution is -2.22. The molecular weight excluding hydrogens is 316 g/mol. The molecule has 0 amide bonds. The molecule has 3 aromatic rings. The predicted octanol–water partition coefficient (Wildman–Crippen LogP) is 2.73.